The summed E-state index contributed by atoms with van der Waals surface area (Å²) in [5.74, 6) is 1.89. The molecule has 0 spiro atoms. The highest BCUT2D eigenvalue weighted by Gasteiger charge is 2.22. The number of phenols is 1. The normalized spacial score (nSPS) is 17.4. The van der Waals surface area contributed by atoms with Gasteiger partial charge in [0.05, 0.1) is 7.11 Å². The lowest BCUT2D eigenvalue weighted by molar-refractivity contribution is 0.415. The number of nitrogens with zero attached hydrogens (tertiary/aromatic N) is 1. The Morgan fingerprint density at radius 1 is 1.22 bits per heavy atom. The molecule has 1 atom stereocenters. The highest BCUT2D eigenvalue weighted by Crippen LogP contribution is 2.26. The SMILES string of the molecule is COc1cccc(N2CCC(CNCc3cccc(O)c3)C2)c1. The second-order valence-corrected chi connectivity index (χ2v) is 6.10. The van der Waals surface area contributed by atoms with E-state index in [-0.39, 0.29) is 0 Å². The Labute approximate surface area is 137 Å². The number of phenolic OH excluding ortho intramolecular Hbond substituents is 1. The maximum absolute atomic E-state index is 9.48. The van der Waals surface area contributed by atoms with Gasteiger partial charge in [-0.15, -0.1) is 0 Å². The van der Waals surface area contributed by atoms with Gasteiger partial charge in [0, 0.05) is 37.9 Å². The van der Waals surface area contributed by atoms with E-state index in [1.165, 1.54) is 12.1 Å². The summed E-state index contributed by atoms with van der Waals surface area (Å²) in [6.07, 6.45) is 1.20. The fraction of sp³-hybridized carbons (Fsp3) is 0.368. The number of nitrogens with one attached hydrogen (secondary N) is 1. The van der Waals surface area contributed by atoms with Crippen LogP contribution in [0.1, 0.15) is 12.0 Å². The molecule has 4 nitrogen and oxygen atoms in total. The number of anilines is 1. The number of rotatable bonds is 6. The lowest BCUT2D eigenvalue weighted by Gasteiger charge is -2.19. The molecule has 1 aliphatic heterocycles. The summed E-state index contributed by atoms with van der Waals surface area (Å²) in [4.78, 5) is 2.42. The van der Waals surface area contributed by atoms with Crippen LogP contribution in [-0.4, -0.2) is 31.9 Å². The van der Waals surface area contributed by atoms with Gasteiger partial charge in [-0.3, -0.25) is 0 Å². The van der Waals surface area contributed by atoms with Gasteiger partial charge < -0.3 is 20.1 Å². The lowest BCUT2D eigenvalue weighted by atomic mass is 10.1. The van der Waals surface area contributed by atoms with E-state index in [0.717, 1.165) is 37.5 Å². The summed E-state index contributed by atoms with van der Waals surface area (Å²) in [7, 11) is 1.71. The van der Waals surface area contributed by atoms with E-state index >= 15 is 0 Å². The minimum Gasteiger partial charge on any atom is -0.508 e. The van der Waals surface area contributed by atoms with Crippen LogP contribution in [0.3, 0.4) is 0 Å². The van der Waals surface area contributed by atoms with Gasteiger partial charge in [-0.1, -0.05) is 18.2 Å². The molecule has 0 aliphatic carbocycles. The molecule has 1 saturated heterocycles. The van der Waals surface area contributed by atoms with Crippen molar-refractivity contribution in [1.29, 1.82) is 0 Å². The van der Waals surface area contributed by atoms with Gasteiger partial charge in [-0.2, -0.15) is 0 Å². The van der Waals surface area contributed by atoms with Crippen LogP contribution < -0.4 is 15.0 Å². The number of benzene rings is 2. The van der Waals surface area contributed by atoms with E-state index < -0.39 is 0 Å². The van der Waals surface area contributed by atoms with E-state index in [1.54, 1.807) is 13.2 Å². The third-order valence-corrected chi connectivity index (χ3v) is 4.38. The summed E-state index contributed by atoms with van der Waals surface area (Å²) in [6.45, 7) is 3.95. The maximum atomic E-state index is 9.48. The average molecular weight is 312 g/mol. The first kappa shape index (κ1) is 15.7. The fourth-order valence-electron chi connectivity index (χ4n) is 3.13. The van der Waals surface area contributed by atoms with Crippen molar-refractivity contribution in [3.63, 3.8) is 0 Å². The molecule has 3 rings (SSSR count). The van der Waals surface area contributed by atoms with Crippen LogP contribution in [0.5, 0.6) is 11.5 Å². The first-order chi connectivity index (χ1) is 11.2. The Bertz CT molecular complexity index is 645. The lowest BCUT2D eigenvalue weighted by Crippen LogP contribution is -2.26. The minimum absolute atomic E-state index is 0.328. The molecule has 2 N–H and O–H groups in total. The highest BCUT2D eigenvalue weighted by atomic mass is 16.5. The van der Waals surface area contributed by atoms with E-state index in [4.69, 9.17) is 4.74 Å². The van der Waals surface area contributed by atoms with Gasteiger partial charge in [0.25, 0.3) is 0 Å². The van der Waals surface area contributed by atoms with Crippen LogP contribution in [0.15, 0.2) is 48.5 Å². The van der Waals surface area contributed by atoms with Gasteiger partial charge in [-0.05, 0) is 42.2 Å². The number of hydrogen-bond donors (Lipinski definition) is 2. The predicted octanol–water partition coefficient (Wildman–Crippen LogP) is 3.02. The van der Waals surface area contributed by atoms with E-state index in [0.29, 0.717) is 11.7 Å². The quantitative estimate of drug-likeness (QED) is 0.860. The van der Waals surface area contributed by atoms with Crippen molar-refractivity contribution in [3.05, 3.63) is 54.1 Å². The maximum Gasteiger partial charge on any atom is 0.120 e. The minimum atomic E-state index is 0.328. The molecular formula is C19H24N2O2. The van der Waals surface area contributed by atoms with Crippen molar-refractivity contribution in [1.82, 2.24) is 5.32 Å². The molecule has 1 aliphatic rings. The number of ether oxygens (including phenoxy) is 1. The van der Waals surface area contributed by atoms with Crippen molar-refractivity contribution in [2.75, 3.05) is 31.6 Å². The molecule has 1 unspecified atom stereocenters. The smallest absolute Gasteiger partial charge is 0.120 e. The van der Waals surface area contributed by atoms with Crippen molar-refractivity contribution >= 4 is 5.69 Å². The van der Waals surface area contributed by atoms with Gasteiger partial charge in [0.1, 0.15) is 11.5 Å². The number of aromatic hydroxyl groups is 1. The Morgan fingerprint density at radius 3 is 2.91 bits per heavy atom. The van der Waals surface area contributed by atoms with Crippen LogP contribution in [0.2, 0.25) is 0 Å². The van der Waals surface area contributed by atoms with Gasteiger partial charge in [0.15, 0.2) is 0 Å². The summed E-state index contributed by atoms with van der Waals surface area (Å²) in [5, 5.41) is 13.0. The second-order valence-electron chi connectivity index (χ2n) is 6.10. The summed E-state index contributed by atoms with van der Waals surface area (Å²) < 4.78 is 5.31. The van der Waals surface area contributed by atoms with Crippen LogP contribution >= 0.6 is 0 Å². The Hall–Kier alpha value is -2.20. The Morgan fingerprint density at radius 2 is 2.09 bits per heavy atom. The summed E-state index contributed by atoms with van der Waals surface area (Å²) in [6, 6.07) is 15.7. The summed E-state index contributed by atoms with van der Waals surface area (Å²) >= 11 is 0. The van der Waals surface area contributed by atoms with Crippen LogP contribution in [-0.2, 0) is 6.54 Å². The molecule has 0 amide bonds. The molecule has 0 saturated carbocycles. The largest absolute Gasteiger partial charge is 0.508 e. The van der Waals surface area contributed by atoms with Crippen molar-refractivity contribution in [2.24, 2.45) is 5.92 Å². The first-order valence-electron chi connectivity index (χ1n) is 8.12. The molecule has 4 heteroatoms. The molecule has 0 aromatic heterocycles. The number of hydrogen-bond acceptors (Lipinski definition) is 4. The highest BCUT2D eigenvalue weighted by molar-refractivity contribution is 5.51. The standard InChI is InChI=1S/C19H24N2O2/c1-23-19-7-3-5-17(11-19)21-9-8-16(14-21)13-20-12-15-4-2-6-18(22)10-15/h2-7,10-11,16,20,22H,8-9,12-14H2,1H3. The van der Waals surface area contributed by atoms with Crippen molar-refractivity contribution < 1.29 is 9.84 Å². The second kappa shape index (κ2) is 7.38. The molecule has 23 heavy (non-hydrogen) atoms. The van der Waals surface area contributed by atoms with Gasteiger partial charge in [0.2, 0.25) is 0 Å². The molecule has 1 fully saturated rings. The monoisotopic (exact) mass is 312 g/mol. The molecule has 122 valence electrons. The van der Waals surface area contributed by atoms with Crippen molar-refractivity contribution in [2.45, 2.75) is 13.0 Å². The first-order valence-corrected chi connectivity index (χ1v) is 8.12. The van der Waals surface area contributed by atoms with E-state index in [1.807, 2.05) is 30.3 Å². The average Bonchev–Trinajstić information content (AvgIpc) is 3.04. The van der Waals surface area contributed by atoms with Crippen LogP contribution in [0.4, 0.5) is 5.69 Å². The molecule has 2 aromatic rings. The fourth-order valence-corrected chi connectivity index (χ4v) is 3.13. The Balaban J connectivity index is 1.48. The van der Waals surface area contributed by atoms with E-state index in [9.17, 15) is 5.11 Å². The third-order valence-electron chi connectivity index (χ3n) is 4.38. The summed E-state index contributed by atoms with van der Waals surface area (Å²) in [5.41, 5.74) is 2.35. The topological polar surface area (TPSA) is 44.7 Å². The van der Waals surface area contributed by atoms with E-state index in [2.05, 4.69) is 22.3 Å². The van der Waals surface area contributed by atoms with Crippen molar-refractivity contribution in [3.8, 4) is 11.5 Å². The third kappa shape index (κ3) is 4.17. The van der Waals surface area contributed by atoms with Crippen LogP contribution in [0.25, 0.3) is 0 Å². The predicted molar refractivity (Wildman–Crippen MR) is 93.1 cm³/mol. The molecule has 1 heterocycles. The van der Waals surface area contributed by atoms with Crippen LogP contribution in [0, 0.1) is 5.92 Å². The Kier molecular flexibility index (Phi) is 5.03. The molecule has 2 aromatic carbocycles. The zero-order chi connectivity index (χ0) is 16.1. The molecule has 0 radical (unpaired) electrons. The van der Waals surface area contributed by atoms with Gasteiger partial charge >= 0.3 is 0 Å². The van der Waals surface area contributed by atoms with Gasteiger partial charge in [-0.25, -0.2) is 0 Å². The molecule has 0 bridgehead atoms. The molecular weight excluding hydrogens is 288 g/mol. The zero-order valence-electron chi connectivity index (χ0n) is 13.5. The number of methoxy groups -OCH3 is 1. The zero-order valence-corrected chi connectivity index (χ0v) is 13.5.